The van der Waals surface area contributed by atoms with Crippen molar-refractivity contribution >= 4 is 22.5 Å². The molecule has 0 amide bonds. The van der Waals surface area contributed by atoms with Crippen molar-refractivity contribution in [3.8, 4) is 11.5 Å². The minimum absolute atomic E-state index is 0.0229. The van der Waals surface area contributed by atoms with Gasteiger partial charge in [-0.3, -0.25) is 0 Å². The second-order valence-corrected chi connectivity index (χ2v) is 5.12. The number of rotatable bonds is 4. The first-order valence-electron chi connectivity index (χ1n) is 7.12. The standard InChI is InChI=1S/C16H10F5N3O2/c17-14(18)26-10-4-1-8(2-5-10)22-15-23-12-6-3-9(25)7-11(12)13(24-15)16(19,20)21/h1-7,14,25H,(H,22,23,24). The molecule has 0 saturated carbocycles. The predicted octanol–water partition coefficient (Wildman–Crippen LogP) is 4.70. The molecule has 2 N–H and O–H groups in total. The summed E-state index contributed by atoms with van der Waals surface area (Å²) in [6.07, 6.45) is -4.76. The van der Waals surface area contributed by atoms with Gasteiger partial charge in [0.25, 0.3) is 0 Å². The third-order valence-electron chi connectivity index (χ3n) is 3.28. The van der Waals surface area contributed by atoms with Crippen LogP contribution in [0.2, 0.25) is 0 Å². The lowest BCUT2D eigenvalue weighted by Crippen LogP contribution is -2.11. The van der Waals surface area contributed by atoms with Crippen molar-refractivity contribution < 1.29 is 31.8 Å². The minimum atomic E-state index is -4.76. The number of nitrogens with zero attached hydrogens (tertiary/aromatic N) is 2. The Bertz CT molecular complexity index is 930. The van der Waals surface area contributed by atoms with E-state index in [4.69, 9.17) is 0 Å². The molecule has 0 atom stereocenters. The SMILES string of the molecule is Oc1ccc2nc(Nc3ccc(OC(F)F)cc3)nc(C(F)(F)F)c2c1. The van der Waals surface area contributed by atoms with Crippen molar-refractivity contribution in [2.75, 3.05) is 5.32 Å². The quantitative estimate of drug-likeness (QED) is 0.651. The van der Waals surface area contributed by atoms with Crippen molar-refractivity contribution in [2.45, 2.75) is 12.8 Å². The number of aromatic hydroxyl groups is 1. The number of aromatic nitrogens is 2. The molecular weight excluding hydrogens is 361 g/mol. The topological polar surface area (TPSA) is 67.3 Å². The zero-order chi connectivity index (χ0) is 18.9. The molecule has 0 aliphatic heterocycles. The number of nitrogens with one attached hydrogen (secondary N) is 1. The smallest absolute Gasteiger partial charge is 0.434 e. The Morgan fingerprint density at radius 3 is 2.31 bits per heavy atom. The van der Waals surface area contributed by atoms with Gasteiger partial charge in [0, 0.05) is 11.1 Å². The van der Waals surface area contributed by atoms with E-state index >= 15 is 0 Å². The Labute approximate surface area is 143 Å². The molecular formula is C16H10F5N3O2. The van der Waals surface area contributed by atoms with Crippen LogP contribution in [0.4, 0.5) is 33.6 Å². The molecule has 0 saturated heterocycles. The average molecular weight is 371 g/mol. The largest absolute Gasteiger partial charge is 0.508 e. The van der Waals surface area contributed by atoms with Gasteiger partial charge in [-0.1, -0.05) is 0 Å². The summed E-state index contributed by atoms with van der Waals surface area (Å²) >= 11 is 0. The number of phenols is 1. The van der Waals surface area contributed by atoms with Crippen molar-refractivity contribution in [3.63, 3.8) is 0 Å². The molecule has 136 valence electrons. The number of phenolic OH excluding ortho intramolecular Hbond substituents is 1. The van der Waals surface area contributed by atoms with E-state index in [-0.39, 0.29) is 34.0 Å². The monoisotopic (exact) mass is 371 g/mol. The van der Waals surface area contributed by atoms with Crippen LogP contribution in [-0.4, -0.2) is 21.7 Å². The van der Waals surface area contributed by atoms with Gasteiger partial charge >= 0.3 is 12.8 Å². The van der Waals surface area contributed by atoms with Crippen molar-refractivity contribution in [3.05, 3.63) is 48.2 Å². The number of alkyl halides is 5. The molecule has 5 nitrogen and oxygen atoms in total. The highest BCUT2D eigenvalue weighted by Crippen LogP contribution is 2.35. The fourth-order valence-electron chi connectivity index (χ4n) is 2.24. The molecule has 10 heteroatoms. The van der Waals surface area contributed by atoms with Gasteiger partial charge in [0.15, 0.2) is 5.69 Å². The van der Waals surface area contributed by atoms with E-state index in [9.17, 15) is 27.1 Å². The fraction of sp³-hybridized carbons (Fsp3) is 0.125. The van der Waals surface area contributed by atoms with Gasteiger partial charge in [0.2, 0.25) is 5.95 Å². The average Bonchev–Trinajstić information content (AvgIpc) is 2.55. The van der Waals surface area contributed by atoms with Gasteiger partial charge in [0.05, 0.1) is 5.52 Å². The Morgan fingerprint density at radius 2 is 1.69 bits per heavy atom. The number of fused-ring (bicyclic) bond motifs is 1. The van der Waals surface area contributed by atoms with Crippen LogP contribution in [0.1, 0.15) is 5.69 Å². The van der Waals surface area contributed by atoms with Crippen LogP contribution >= 0.6 is 0 Å². The van der Waals surface area contributed by atoms with Crippen LogP contribution < -0.4 is 10.1 Å². The third-order valence-corrected chi connectivity index (χ3v) is 3.28. The maximum absolute atomic E-state index is 13.3. The summed E-state index contributed by atoms with van der Waals surface area (Å²) in [5.41, 5.74) is -0.957. The van der Waals surface area contributed by atoms with Gasteiger partial charge in [-0.15, -0.1) is 0 Å². The van der Waals surface area contributed by atoms with Gasteiger partial charge in [-0.2, -0.15) is 22.0 Å². The molecule has 0 aliphatic rings. The Morgan fingerprint density at radius 1 is 1.00 bits per heavy atom. The minimum Gasteiger partial charge on any atom is -0.508 e. The first-order valence-corrected chi connectivity index (χ1v) is 7.12. The molecule has 3 rings (SSSR count). The molecule has 0 aliphatic carbocycles. The number of halogens is 5. The Hall–Kier alpha value is -3.17. The number of anilines is 2. The highest BCUT2D eigenvalue weighted by Gasteiger charge is 2.35. The summed E-state index contributed by atoms with van der Waals surface area (Å²) in [6, 6.07) is 8.46. The van der Waals surface area contributed by atoms with Gasteiger partial charge in [0.1, 0.15) is 11.5 Å². The molecule has 0 radical (unpaired) electrons. The van der Waals surface area contributed by atoms with Gasteiger partial charge in [-0.25, -0.2) is 9.97 Å². The van der Waals surface area contributed by atoms with E-state index in [0.717, 1.165) is 6.07 Å². The number of hydrogen-bond acceptors (Lipinski definition) is 5. The van der Waals surface area contributed by atoms with Gasteiger partial charge < -0.3 is 15.2 Å². The van der Waals surface area contributed by atoms with E-state index in [0.29, 0.717) is 0 Å². The number of hydrogen-bond donors (Lipinski definition) is 2. The Balaban J connectivity index is 1.96. The second-order valence-electron chi connectivity index (χ2n) is 5.12. The van der Waals surface area contributed by atoms with Crippen molar-refractivity contribution in [1.29, 1.82) is 0 Å². The van der Waals surface area contributed by atoms with Crippen LogP contribution in [0.25, 0.3) is 10.9 Å². The molecule has 0 fully saturated rings. The number of ether oxygens (including phenoxy) is 1. The highest BCUT2D eigenvalue weighted by molar-refractivity contribution is 5.84. The van der Waals surface area contributed by atoms with E-state index in [1.54, 1.807) is 0 Å². The first kappa shape index (κ1) is 17.6. The van der Waals surface area contributed by atoms with E-state index < -0.39 is 18.5 Å². The van der Waals surface area contributed by atoms with Crippen LogP contribution in [0.15, 0.2) is 42.5 Å². The van der Waals surface area contributed by atoms with Crippen LogP contribution in [0.3, 0.4) is 0 Å². The molecule has 0 spiro atoms. The van der Waals surface area contributed by atoms with E-state index in [1.807, 2.05) is 0 Å². The maximum Gasteiger partial charge on any atom is 0.434 e. The normalized spacial score (nSPS) is 11.8. The van der Waals surface area contributed by atoms with E-state index in [2.05, 4.69) is 20.0 Å². The third kappa shape index (κ3) is 3.90. The summed E-state index contributed by atoms with van der Waals surface area (Å²) in [7, 11) is 0. The zero-order valence-electron chi connectivity index (χ0n) is 12.8. The molecule has 1 heterocycles. The predicted molar refractivity (Wildman–Crippen MR) is 82.6 cm³/mol. The molecule has 3 aromatic rings. The van der Waals surface area contributed by atoms with E-state index in [1.165, 1.54) is 36.4 Å². The van der Waals surface area contributed by atoms with Crippen LogP contribution in [0.5, 0.6) is 11.5 Å². The fourth-order valence-corrected chi connectivity index (χ4v) is 2.24. The maximum atomic E-state index is 13.3. The lowest BCUT2D eigenvalue weighted by Gasteiger charge is -2.13. The Kier molecular flexibility index (Phi) is 4.49. The lowest BCUT2D eigenvalue weighted by atomic mass is 10.1. The molecule has 0 unspecified atom stereocenters. The molecule has 2 aromatic carbocycles. The zero-order valence-corrected chi connectivity index (χ0v) is 12.8. The van der Waals surface area contributed by atoms with Gasteiger partial charge in [-0.05, 0) is 42.5 Å². The molecule has 1 aromatic heterocycles. The summed E-state index contributed by atoms with van der Waals surface area (Å²) in [4.78, 5) is 7.44. The highest BCUT2D eigenvalue weighted by atomic mass is 19.4. The lowest BCUT2D eigenvalue weighted by molar-refractivity contribution is -0.139. The van der Waals surface area contributed by atoms with Crippen LogP contribution in [0, 0.1) is 0 Å². The second kappa shape index (κ2) is 6.62. The molecule has 0 bridgehead atoms. The first-order chi connectivity index (χ1) is 12.2. The summed E-state index contributed by atoms with van der Waals surface area (Å²) < 4.78 is 68.2. The molecule has 26 heavy (non-hydrogen) atoms. The van der Waals surface area contributed by atoms with Crippen LogP contribution in [-0.2, 0) is 6.18 Å². The summed E-state index contributed by atoms with van der Waals surface area (Å²) in [6.45, 7) is -2.98. The summed E-state index contributed by atoms with van der Waals surface area (Å²) in [5, 5.41) is 11.6. The number of benzene rings is 2. The van der Waals surface area contributed by atoms with Crippen molar-refractivity contribution in [1.82, 2.24) is 9.97 Å². The summed E-state index contributed by atoms with van der Waals surface area (Å²) in [5.74, 6) is -0.781. The van der Waals surface area contributed by atoms with Crippen molar-refractivity contribution in [2.24, 2.45) is 0 Å².